The Balaban J connectivity index is 1.84. The highest BCUT2D eigenvalue weighted by molar-refractivity contribution is 6.32. The van der Waals surface area contributed by atoms with Crippen LogP contribution in [0.3, 0.4) is 0 Å². The third-order valence-corrected chi connectivity index (χ3v) is 5.36. The standard InChI is InChI=1S/C25H20Cl2N2O3/c1-16-20(26)9-6-10-22(16)29-25(30)19(14-28)11-18-12-21(27)24(23(13-18)31-2)32-15-17-7-4-3-5-8-17/h3-13H,15H2,1-2H3,(H,29,30)/b19-11-. The Bertz CT molecular complexity index is 1200. The van der Waals surface area contributed by atoms with Crippen LogP contribution in [0.5, 0.6) is 11.5 Å². The van der Waals surface area contributed by atoms with Gasteiger partial charge in [-0.2, -0.15) is 5.26 Å². The van der Waals surface area contributed by atoms with Crippen molar-refractivity contribution in [1.29, 1.82) is 5.26 Å². The summed E-state index contributed by atoms with van der Waals surface area (Å²) in [7, 11) is 1.49. The third kappa shape index (κ3) is 5.61. The Morgan fingerprint density at radius 3 is 2.53 bits per heavy atom. The number of carbonyl (C=O) groups excluding carboxylic acids is 1. The van der Waals surface area contributed by atoms with Crippen molar-refractivity contribution in [3.63, 3.8) is 0 Å². The predicted octanol–water partition coefficient (Wildman–Crippen LogP) is 6.44. The average Bonchev–Trinajstić information content (AvgIpc) is 2.80. The van der Waals surface area contributed by atoms with Gasteiger partial charge in [-0.3, -0.25) is 4.79 Å². The molecule has 0 unspecified atom stereocenters. The summed E-state index contributed by atoms with van der Waals surface area (Å²) in [5.41, 5.74) is 2.65. The van der Waals surface area contributed by atoms with Gasteiger partial charge in [0.05, 0.1) is 12.1 Å². The second-order valence-corrected chi connectivity index (χ2v) is 7.66. The number of hydrogen-bond donors (Lipinski definition) is 1. The molecule has 3 rings (SSSR count). The van der Waals surface area contributed by atoms with Gasteiger partial charge in [-0.15, -0.1) is 0 Å². The average molecular weight is 467 g/mol. The summed E-state index contributed by atoms with van der Waals surface area (Å²) in [6.45, 7) is 2.10. The highest BCUT2D eigenvalue weighted by atomic mass is 35.5. The molecule has 5 nitrogen and oxygen atoms in total. The van der Waals surface area contributed by atoms with Gasteiger partial charge < -0.3 is 14.8 Å². The molecule has 0 aliphatic heterocycles. The molecule has 0 radical (unpaired) electrons. The number of carbonyl (C=O) groups is 1. The van der Waals surface area contributed by atoms with Crippen LogP contribution in [0.1, 0.15) is 16.7 Å². The first-order chi connectivity index (χ1) is 15.4. The Morgan fingerprint density at radius 2 is 1.84 bits per heavy atom. The van der Waals surface area contributed by atoms with Crippen LogP contribution in [0.2, 0.25) is 10.0 Å². The number of ether oxygens (including phenoxy) is 2. The summed E-state index contributed by atoms with van der Waals surface area (Å²) in [6, 6.07) is 20.0. The molecule has 1 N–H and O–H groups in total. The second kappa shape index (κ2) is 10.7. The molecule has 0 aliphatic carbocycles. The molecule has 0 fully saturated rings. The molecule has 0 bridgehead atoms. The number of rotatable bonds is 7. The molecule has 0 aliphatic rings. The number of halogens is 2. The maximum Gasteiger partial charge on any atom is 0.266 e. The van der Waals surface area contributed by atoms with Gasteiger partial charge in [-0.25, -0.2) is 0 Å². The maximum atomic E-state index is 12.6. The van der Waals surface area contributed by atoms with Gasteiger partial charge in [-0.05, 0) is 54.0 Å². The fourth-order valence-corrected chi connectivity index (χ4v) is 3.39. The smallest absolute Gasteiger partial charge is 0.266 e. The molecule has 0 saturated heterocycles. The van der Waals surface area contributed by atoms with Gasteiger partial charge >= 0.3 is 0 Å². The highest BCUT2D eigenvalue weighted by Crippen LogP contribution is 2.37. The highest BCUT2D eigenvalue weighted by Gasteiger charge is 2.15. The van der Waals surface area contributed by atoms with E-state index in [1.54, 1.807) is 37.3 Å². The molecular formula is C25H20Cl2N2O3. The lowest BCUT2D eigenvalue weighted by atomic mass is 10.1. The number of nitrogens with one attached hydrogen (secondary N) is 1. The molecule has 0 aromatic heterocycles. The van der Waals surface area contributed by atoms with E-state index in [0.717, 1.165) is 5.56 Å². The molecule has 0 heterocycles. The fraction of sp³-hybridized carbons (Fsp3) is 0.120. The molecule has 32 heavy (non-hydrogen) atoms. The van der Waals surface area contributed by atoms with Crippen molar-refractivity contribution in [2.45, 2.75) is 13.5 Å². The van der Waals surface area contributed by atoms with Crippen molar-refractivity contribution >= 4 is 40.9 Å². The van der Waals surface area contributed by atoms with Crippen molar-refractivity contribution in [1.82, 2.24) is 0 Å². The zero-order valence-electron chi connectivity index (χ0n) is 17.5. The minimum atomic E-state index is -0.558. The minimum Gasteiger partial charge on any atom is -0.493 e. The van der Waals surface area contributed by atoms with E-state index in [1.807, 2.05) is 36.4 Å². The van der Waals surface area contributed by atoms with Crippen molar-refractivity contribution < 1.29 is 14.3 Å². The second-order valence-electron chi connectivity index (χ2n) is 6.84. The third-order valence-electron chi connectivity index (χ3n) is 4.67. The van der Waals surface area contributed by atoms with E-state index in [9.17, 15) is 10.1 Å². The monoisotopic (exact) mass is 466 g/mol. The first-order valence-electron chi connectivity index (χ1n) is 9.65. The predicted molar refractivity (Wildman–Crippen MR) is 127 cm³/mol. The molecule has 3 aromatic carbocycles. The van der Waals surface area contributed by atoms with Crippen LogP contribution in [-0.2, 0) is 11.4 Å². The van der Waals surface area contributed by atoms with Gasteiger partial charge in [0.15, 0.2) is 11.5 Å². The quantitative estimate of drug-likeness (QED) is 0.321. The largest absolute Gasteiger partial charge is 0.493 e. The number of hydrogen-bond acceptors (Lipinski definition) is 4. The fourth-order valence-electron chi connectivity index (χ4n) is 2.94. The van der Waals surface area contributed by atoms with Crippen LogP contribution in [0, 0.1) is 18.3 Å². The van der Waals surface area contributed by atoms with Gasteiger partial charge in [0.25, 0.3) is 5.91 Å². The van der Waals surface area contributed by atoms with Crippen LogP contribution < -0.4 is 14.8 Å². The Labute approximate surface area is 196 Å². The van der Waals surface area contributed by atoms with Crippen molar-refractivity contribution in [3.05, 3.63) is 93.0 Å². The number of anilines is 1. The molecule has 7 heteroatoms. The van der Waals surface area contributed by atoms with Gasteiger partial charge in [0.1, 0.15) is 18.2 Å². The van der Waals surface area contributed by atoms with Crippen LogP contribution in [-0.4, -0.2) is 13.0 Å². The molecule has 0 atom stereocenters. The van der Waals surface area contributed by atoms with Crippen LogP contribution in [0.25, 0.3) is 6.08 Å². The number of benzene rings is 3. The van der Waals surface area contributed by atoms with E-state index < -0.39 is 5.91 Å². The Kier molecular flexibility index (Phi) is 7.77. The maximum absolute atomic E-state index is 12.6. The summed E-state index contributed by atoms with van der Waals surface area (Å²) < 4.78 is 11.3. The summed E-state index contributed by atoms with van der Waals surface area (Å²) in [4.78, 5) is 12.6. The van der Waals surface area contributed by atoms with Crippen LogP contribution in [0.15, 0.2) is 66.2 Å². The molecule has 1 amide bonds. The minimum absolute atomic E-state index is 0.0968. The number of nitrogens with zero attached hydrogens (tertiary/aromatic N) is 1. The van der Waals surface area contributed by atoms with E-state index in [1.165, 1.54) is 13.2 Å². The van der Waals surface area contributed by atoms with Crippen molar-refractivity contribution in [3.8, 4) is 17.6 Å². The van der Waals surface area contributed by atoms with E-state index in [4.69, 9.17) is 32.7 Å². The lowest BCUT2D eigenvalue weighted by molar-refractivity contribution is -0.112. The first kappa shape index (κ1) is 23.2. The number of nitriles is 1. The first-order valence-corrected chi connectivity index (χ1v) is 10.4. The van der Waals surface area contributed by atoms with Crippen molar-refractivity contribution in [2.75, 3.05) is 12.4 Å². The zero-order chi connectivity index (χ0) is 23.1. The topological polar surface area (TPSA) is 71.3 Å². The molecule has 0 saturated carbocycles. The van der Waals surface area contributed by atoms with Gasteiger partial charge in [0.2, 0.25) is 0 Å². The molecule has 0 spiro atoms. The van der Waals surface area contributed by atoms with Crippen LogP contribution >= 0.6 is 23.2 Å². The SMILES string of the molecule is COc1cc(/C=C(/C#N)C(=O)Nc2cccc(Cl)c2C)cc(Cl)c1OCc1ccccc1. The zero-order valence-corrected chi connectivity index (χ0v) is 19.0. The van der Waals surface area contributed by atoms with Crippen molar-refractivity contribution in [2.24, 2.45) is 0 Å². The molecule has 3 aromatic rings. The van der Waals surface area contributed by atoms with Crippen LogP contribution in [0.4, 0.5) is 5.69 Å². The lowest BCUT2D eigenvalue weighted by Crippen LogP contribution is -2.14. The molecule has 162 valence electrons. The summed E-state index contributed by atoms with van der Waals surface area (Å²) >= 11 is 12.5. The summed E-state index contributed by atoms with van der Waals surface area (Å²) in [6.07, 6.45) is 1.44. The summed E-state index contributed by atoms with van der Waals surface area (Å²) in [5.74, 6) is 0.216. The normalized spacial score (nSPS) is 10.9. The van der Waals surface area contributed by atoms with Gasteiger partial charge in [-0.1, -0.05) is 59.6 Å². The van der Waals surface area contributed by atoms with E-state index in [-0.39, 0.29) is 5.57 Å². The number of methoxy groups -OCH3 is 1. The Morgan fingerprint density at radius 1 is 1.09 bits per heavy atom. The van der Waals surface area contributed by atoms with E-state index in [0.29, 0.717) is 45.0 Å². The van der Waals surface area contributed by atoms with E-state index >= 15 is 0 Å². The van der Waals surface area contributed by atoms with E-state index in [2.05, 4.69) is 5.32 Å². The van der Waals surface area contributed by atoms with Gasteiger partial charge in [0, 0.05) is 10.7 Å². The molecular weight excluding hydrogens is 447 g/mol. The lowest BCUT2D eigenvalue weighted by Gasteiger charge is -2.14. The summed E-state index contributed by atoms with van der Waals surface area (Å²) in [5, 5.41) is 13.1. The number of amides is 1. The Hall–Kier alpha value is -3.46.